The highest BCUT2D eigenvalue weighted by molar-refractivity contribution is 14.0. The monoisotopic (exact) mass is 546 g/mol. The van der Waals surface area contributed by atoms with Crippen molar-refractivity contribution in [3.63, 3.8) is 0 Å². The highest BCUT2D eigenvalue weighted by atomic mass is 127. The Bertz CT molecular complexity index is 1030. The zero-order valence-corrected chi connectivity index (χ0v) is 21.1. The van der Waals surface area contributed by atoms with Crippen LogP contribution in [0.5, 0.6) is 0 Å². The predicted octanol–water partition coefficient (Wildman–Crippen LogP) is 2.63. The lowest BCUT2D eigenvalue weighted by Crippen LogP contribution is -2.37. The fourth-order valence-corrected chi connectivity index (χ4v) is 4.11. The number of nitrogens with one attached hydrogen (secondary N) is 2. The van der Waals surface area contributed by atoms with Crippen LogP contribution in [-0.2, 0) is 22.9 Å². The van der Waals surface area contributed by atoms with Crippen LogP contribution in [0.1, 0.15) is 29.7 Å². The Morgan fingerprint density at radius 1 is 1.10 bits per heavy atom. The van der Waals surface area contributed by atoms with Crippen molar-refractivity contribution in [1.29, 1.82) is 0 Å². The maximum Gasteiger partial charge on any atom is 0.250 e. The number of halogens is 1. The van der Waals surface area contributed by atoms with Crippen LogP contribution in [0.3, 0.4) is 0 Å². The molecule has 30 heavy (non-hydrogen) atoms. The van der Waals surface area contributed by atoms with Crippen molar-refractivity contribution in [1.82, 2.24) is 15.2 Å². The van der Waals surface area contributed by atoms with E-state index in [0.717, 1.165) is 36.2 Å². The van der Waals surface area contributed by atoms with Gasteiger partial charge in [-0.25, -0.2) is 8.42 Å². The van der Waals surface area contributed by atoms with Gasteiger partial charge in [0.15, 0.2) is 15.8 Å². The van der Waals surface area contributed by atoms with Crippen LogP contribution in [0.2, 0.25) is 0 Å². The molecule has 0 saturated heterocycles. The average Bonchev–Trinajstić information content (AvgIpc) is 2.65. The van der Waals surface area contributed by atoms with Gasteiger partial charge in [0, 0.05) is 44.7 Å². The topological polar surface area (TPSA) is 92.6 Å². The van der Waals surface area contributed by atoms with Crippen LogP contribution in [0.15, 0.2) is 51.1 Å². The molecule has 166 valence electrons. The average molecular weight is 546 g/mol. The number of aryl methyl sites for hydroxylation is 2. The Morgan fingerprint density at radius 2 is 1.83 bits per heavy atom. The molecule has 2 rings (SSSR count). The van der Waals surface area contributed by atoms with Crippen molar-refractivity contribution in [2.75, 3.05) is 19.8 Å². The zero-order chi connectivity index (χ0) is 21.4. The number of aromatic nitrogens is 1. The minimum atomic E-state index is -3.21. The van der Waals surface area contributed by atoms with Gasteiger partial charge in [0.2, 0.25) is 0 Å². The van der Waals surface area contributed by atoms with Crippen molar-refractivity contribution in [2.24, 2.45) is 4.99 Å². The summed E-state index contributed by atoms with van der Waals surface area (Å²) in [6.45, 7) is 5.73. The van der Waals surface area contributed by atoms with Gasteiger partial charge in [0.1, 0.15) is 0 Å². The molecule has 0 fully saturated rings. The minimum absolute atomic E-state index is 0. The summed E-state index contributed by atoms with van der Waals surface area (Å²) in [4.78, 5) is 16.4. The molecule has 0 radical (unpaired) electrons. The van der Waals surface area contributed by atoms with Gasteiger partial charge in [-0.05, 0) is 49.9 Å². The molecule has 1 aromatic carbocycles. The van der Waals surface area contributed by atoms with Gasteiger partial charge in [-0.15, -0.1) is 24.0 Å². The lowest BCUT2D eigenvalue weighted by molar-refractivity contribution is 0.575. The Hall–Kier alpha value is -1.88. The molecule has 1 heterocycles. The van der Waals surface area contributed by atoms with E-state index in [4.69, 9.17) is 0 Å². The molecule has 0 unspecified atom stereocenters. The maximum absolute atomic E-state index is 11.9. The molecule has 0 aliphatic rings. The van der Waals surface area contributed by atoms with E-state index in [9.17, 15) is 13.2 Å². The zero-order valence-electron chi connectivity index (χ0n) is 17.9. The van der Waals surface area contributed by atoms with Gasteiger partial charge in [-0.1, -0.05) is 18.2 Å². The summed E-state index contributed by atoms with van der Waals surface area (Å²) in [7, 11) is -1.50. The van der Waals surface area contributed by atoms with Crippen LogP contribution in [0.25, 0.3) is 0 Å². The van der Waals surface area contributed by atoms with E-state index in [0.29, 0.717) is 23.9 Å². The van der Waals surface area contributed by atoms with Crippen molar-refractivity contribution in [2.45, 2.75) is 44.7 Å². The molecule has 0 saturated carbocycles. The predicted molar refractivity (Wildman–Crippen MR) is 133 cm³/mol. The lowest BCUT2D eigenvalue weighted by Gasteiger charge is -2.13. The number of unbranched alkanes of at least 4 members (excludes halogenated alkanes) is 1. The summed E-state index contributed by atoms with van der Waals surface area (Å²) < 4.78 is 25.2. The molecule has 0 aliphatic heterocycles. The smallest absolute Gasteiger partial charge is 0.250 e. The molecule has 0 amide bonds. The van der Waals surface area contributed by atoms with Crippen molar-refractivity contribution in [3.05, 3.63) is 63.6 Å². The number of nitrogens with zero attached hydrogens (tertiary/aromatic N) is 2. The Morgan fingerprint density at radius 3 is 2.43 bits per heavy atom. The second-order valence-electron chi connectivity index (χ2n) is 7.09. The number of hydrogen-bond acceptors (Lipinski definition) is 4. The first-order valence-corrected chi connectivity index (χ1v) is 11.5. The SMILES string of the molecule is CN=C(NCCCCn1c(C)cccc1=O)NCc1ccc(S(C)(=O)=O)c(C)c1.I. The number of guanidine groups is 1. The van der Waals surface area contributed by atoms with Gasteiger partial charge >= 0.3 is 0 Å². The molecule has 0 atom stereocenters. The normalized spacial score (nSPS) is 11.7. The van der Waals surface area contributed by atoms with Crippen LogP contribution in [0, 0.1) is 13.8 Å². The molecule has 0 aliphatic carbocycles. The largest absolute Gasteiger partial charge is 0.356 e. The highest BCUT2D eigenvalue weighted by Crippen LogP contribution is 2.16. The number of aliphatic imine (C=N–C) groups is 1. The Labute approximate surface area is 195 Å². The first-order chi connectivity index (χ1) is 13.7. The Balaban J connectivity index is 0.00000450. The molecular weight excluding hydrogens is 515 g/mol. The standard InChI is InChI=1S/C21H30N4O3S.HI/c1-16-14-18(10-11-19(16)29(4,27)28)15-24-21(22-3)23-12-5-6-13-25-17(2)8-7-9-20(25)26;/h7-11,14H,5-6,12-13,15H2,1-4H3,(H2,22,23,24);1H. The summed E-state index contributed by atoms with van der Waals surface area (Å²) in [5, 5.41) is 6.49. The van der Waals surface area contributed by atoms with Gasteiger partial charge in [0.05, 0.1) is 4.90 Å². The van der Waals surface area contributed by atoms with E-state index >= 15 is 0 Å². The summed E-state index contributed by atoms with van der Waals surface area (Å²) in [5.74, 6) is 0.683. The fourth-order valence-electron chi connectivity index (χ4n) is 3.16. The van der Waals surface area contributed by atoms with E-state index < -0.39 is 9.84 Å². The second-order valence-corrected chi connectivity index (χ2v) is 9.07. The molecule has 2 aromatic rings. The summed E-state index contributed by atoms with van der Waals surface area (Å²) in [6.07, 6.45) is 3.01. The number of hydrogen-bond donors (Lipinski definition) is 2. The summed E-state index contributed by atoms with van der Waals surface area (Å²) in [5.41, 5.74) is 2.73. The molecule has 7 nitrogen and oxygen atoms in total. The highest BCUT2D eigenvalue weighted by Gasteiger charge is 2.11. The molecule has 9 heteroatoms. The third-order valence-corrected chi connectivity index (χ3v) is 5.95. The quantitative estimate of drug-likeness (QED) is 0.230. The third kappa shape index (κ3) is 7.75. The summed E-state index contributed by atoms with van der Waals surface area (Å²) in [6, 6.07) is 10.6. The Kier molecular flexibility index (Phi) is 10.5. The molecule has 2 N–H and O–H groups in total. The first-order valence-electron chi connectivity index (χ1n) is 9.63. The van der Waals surface area contributed by atoms with Crippen molar-refractivity contribution >= 4 is 39.8 Å². The lowest BCUT2D eigenvalue weighted by atomic mass is 10.1. The number of sulfone groups is 1. The van der Waals surface area contributed by atoms with Crippen LogP contribution in [0.4, 0.5) is 0 Å². The van der Waals surface area contributed by atoms with E-state index in [1.165, 1.54) is 6.26 Å². The third-order valence-electron chi connectivity index (χ3n) is 4.69. The molecule has 0 bridgehead atoms. The molecule has 0 spiro atoms. The fraction of sp³-hybridized carbons (Fsp3) is 0.429. The van der Waals surface area contributed by atoms with Crippen LogP contribution >= 0.6 is 24.0 Å². The minimum Gasteiger partial charge on any atom is -0.356 e. The maximum atomic E-state index is 11.9. The van der Waals surface area contributed by atoms with Crippen LogP contribution < -0.4 is 16.2 Å². The molecular formula is C21H31IN4O3S. The van der Waals surface area contributed by atoms with E-state index in [-0.39, 0.29) is 29.5 Å². The number of pyridine rings is 1. The number of rotatable bonds is 8. The first kappa shape index (κ1) is 26.2. The van der Waals surface area contributed by atoms with Gasteiger partial charge in [0.25, 0.3) is 5.56 Å². The van der Waals surface area contributed by atoms with Gasteiger partial charge in [-0.3, -0.25) is 9.79 Å². The van der Waals surface area contributed by atoms with Crippen molar-refractivity contribution < 1.29 is 8.42 Å². The van der Waals surface area contributed by atoms with E-state index in [2.05, 4.69) is 15.6 Å². The van der Waals surface area contributed by atoms with Crippen LogP contribution in [-0.4, -0.2) is 38.8 Å². The van der Waals surface area contributed by atoms with E-state index in [1.54, 1.807) is 36.7 Å². The van der Waals surface area contributed by atoms with Gasteiger partial charge < -0.3 is 15.2 Å². The molecule has 1 aromatic heterocycles. The van der Waals surface area contributed by atoms with Crippen molar-refractivity contribution in [3.8, 4) is 0 Å². The summed E-state index contributed by atoms with van der Waals surface area (Å²) >= 11 is 0. The van der Waals surface area contributed by atoms with E-state index in [1.807, 2.05) is 25.1 Å². The number of benzene rings is 1. The second kappa shape index (κ2) is 12.1. The van der Waals surface area contributed by atoms with Gasteiger partial charge in [-0.2, -0.15) is 0 Å².